The number of amides is 1. The summed E-state index contributed by atoms with van der Waals surface area (Å²) in [7, 11) is 3.15. The minimum absolute atomic E-state index is 0.00424. The lowest BCUT2D eigenvalue weighted by Crippen LogP contribution is -2.40. The first-order valence-electron chi connectivity index (χ1n) is 15.2. The largest absolute Gasteiger partial charge is 0.490 e. The number of hydrogen-bond acceptors (Lipinski definition) is 8. The van der Waals surface area contributed by atoms with Crippen molar-refractivity contribution < 1.29 is 23.0 Å². The predicted octanol–water partition coefficient (Wildman–Crippen LogP) is 6.13. The van der Waals surface area contributed by atoms with Crippen LogP contribution in [0.3, 0.4) is 0 Å². The number of hydrogen-bond donors (Lipinski definition) is 0. The Kier molecular flexibility index (Phi) is 8.09. The first kappa shape index (κ1) is 31.3. The summed E-state index contributed by atoms with van der Waals surface area (Å²) in [6, 6.07) is 10.7. The van der Waals surface area contributed by atoms with E-state index >= 15 is 4.39 Å². The van der Waals surface area contributed by atoms with Crippen LogP contribution in [0.15, 0.2) is 71.6 Å². The van der Waals surface area contributed by atoms with Crippen LogP contribution in [0.2, 0.25) is 0 Å². The van der Waals surface area contributed by atoms with Gasteiger partial charge in [0.1, 0.15) is 35.4 Å². The molecule has 0 aliphatic carbocycles. The third kappa shape index (κ3) is 5.24. The Hall–Kier alpha value is -5.27. The number of fused-ring (bicyclic) bond motifs is 3. The van der Waals surface area contributed by atoms with Gasteiger partial charge in [-0.3, -0.25) is 14.3 Å². The number of methoxy groups -OCH3 is 1. The van der Waals surface area contributed by atoms with Crippen molar-refractivity contribution in [1.82, 2.24) is 29.2 Å². The van der Waals surface area contributed by atoms with Crippen LogP contribution in [0, 0.1) is 11.6 Å². The van der Waals surface area contributed by atoms with Crippen molar-refractivity contribution in [2.24, 2.45) is 7.05 Å². The van der Waals surface area contributed by atoms with Crippen molar-refractivity contribution in [3.63, 3.8) is 0 Å². The van der Waals surface area contributed by atoms with E-state index in [0.717, 1.165) is 17.8 Å². The van der Waals surface area contributed by atoms with Crippen molar-refractivity contribution in [1.29, 1.82) is 0 Å². The first-order valence-corrected chi connectivity index (χ1v) is 16.1. The van der Waals surface area contributed by atoms with E-state index in [4.69, 9.17) is 19.6 Å². The maximum atomic E-state index is 16.1. The van der Waals surface area contributed by atoms with E-state index in [2.05, 4.69) is 11.6 Å². The number of rotatable bonds is 8. The Balaban J connectivity index is 1.52. The van der Waals surface area contributed by atoms with Gasteiger partial charge in [0.15, 0.2) is 0 Å². The summed E-state index contributed by atoms with van der Waals surface area (Å²) in [6.45, 7) is 6.67. The average molecular weight is 669 g/mol. The van der Waals surface area contributed by atoms with Crippen molar-refractivity contribution in [3.05, 3.63) is 94.5 Å². The second-order valence-electron chi connectivity index (χ2n) is 11.4. The van der Waals surface area contributed by atoms with Gasteiger partial charge in [0, 0.05) is 54.0 Å². The molecule has 2 aromatic carbocycles. The summed E-state index contributed by atoms with van der Waals surface area (Å²) < 4.78 is 45.7. The molecule has 13 heteroatoms. The number of halogens is 2. The molecule has 7 rings (SSSR count). The van der Waals surface area contributed by atoms with Crippen LogP contribution in [-0.4, -0.2) is 62.0 Å². The molecule has 1 aliphatic rings. The molecule has 5 heterocycles. The van der Waals surface area contributed by atoms with Crippen molar-refractivity contribution in [2.45, 2.75) is 19.5 Å². The van der Waals surface area contributed by atoms with Crippen LogP contribution >= 0.6 is 11.3 Å². The SMILES string of the molecule is C=CC(=O)N1CCn2nc(-c3nc(-c4ccc5ncn(C)c(=O)c5c4)c4ccsc4c3-c3c(F)cc(F)cc3OCCOC)cc2C1C. The number of thiophene rings is 1. The van der Waals surface area contributed by atoms with E-state index in [0.29, 0.717) is 62.3 Å². The van der Waals surface area contributed by atoms with Gasteiger partial charge >= 0.3 is 0 Å². The zero-order valence-electron chi connectivity index (χ0n) is 26.4. The fraction of sp³-hybridized carbons (Fsp3) is 0.229. The van der Waals surface area contributed by atoms with E-state index < -0.39 is 11.6 Å². The van der Waals surface area contributed by atoms with Gasteiger partial charge in [-0.05, 0) is 42.6 Å². The Labute approximate surface area is 277 Å². The fourth-order valence-corrected chi connectivity index (χ4v) is 7.15. The second-order valence-corrected chi connectivity index (χ2v) is 12.3. The zero-order valence-corrected chi connectivity index (χ0v) is 27.2. The second kappa shape index (κ2) is 12.4. The van der Waals surface area contributed by atoms with Gasteiger partial charge in [0.05, 0.1) is 53.4 Å². The highest BCUT2D eigenvalue weighted by atomic mass is 32.1. The molecule has 244 valence electrons. The molecule has 0 radical (unpaired) electrons. The van der Waals surface area contributed by atoms with Crippen LogP contribution in [0.5, 0.6) is 5.75 Å². The van der Waals surface area contributed by atoms with Gasteiger partial charge in [0.2, 0.25) is 5.91 Å². The average Bonchev–Trinajstić information content (AvgIpc) is 3.74. The number of pyridine rings is 1. The molecular weight excluding hydrogens is 638 g/mol. The third-order valence-electron chi connectivity index (χ3n) is 8.57. The third-order valence-corrected chi connectivity index (χ3v) is 9.50. The molecule has 1 unspecified atom stereocenters. The maximum absolute atomic E-state index is 16.1. The molecule has 0 saturated carbocycles. The molecule has 48 heavy (non-hydrogen) atoms. The van der Waals surface area contributed by atoms with E-state index in [1.165, 1.54) is 35.4 Å². The van der Waals surface area contributed by atoms with Gasteiger partial charge < -0.3 is 18.9 Å². The van der Waals surface area contributed by atoms with Gasteiger partial charge in [-0.25, -0.2) is 18.7 Å². The predicted molar refractivity (Wildman–Crippen MR) is 180 cm³/mol. The summed E-state index contributed by atoms with van der Waals surface area (Å²) >= 11 is 1.37. The minimum Gasteiger partial charge on any atom is -0.490 e. The first-order chi connectivity index (χ1) is 23.2. The number of aryl methyl sites for hydroxylation is 1. The highest BCUT2D eigenvalue weighted by Gasteiger charge is 2.31. The number of carbonyl (C=O) groups is 1. The van der Waals surface area contributed by atoms with Crippen LogP contribution in [0.1, 0.15) is 18.7 Å². The molecule has 1 amide bonds. The molecule has 0 N–H and O–H groups in total. The van der Waals surface area contributed by atoms with Gasteiger partial charge in [0.25, 0.3) is 5.56 Å². The van der Waals surface area contributed by atoms with Crippen molar-refractivity contribution in [2.75, 3.05) is 26.9 Å². The van der Waals surface area contributed by atoms with Crippen molar-refractivity contribution >= 4 is 38.2 Å². The maximum Gasteiger partial charge on any atom is 0.260 e. The topological polar surface area (TPSA) is 104 Å². The molecule has 4 aromatic heterocycles. The molecule has 0 spiro atoms. The molecule has 0 fully saturated rings. The number of benzene rings is 2. The van der Waals surface area contributed by atoms with Crippen LogP contribution in [0.4, 0.5) is 8.78 Å². The van der Waals surface area contributed by atoms with E-state index in [9.17, 15) is 14.0 Å². The van der Waals surface area contributed by atoms with E-state index in [1.807, 2.05) is 35.2 Å². The molecule has 0 bridgehead atoms. The molecule has 10 nitrogen and oxygen atoms in total. The lowest BCUT2D eigenvalue weighted by Gasteiger charge is -2.33. The monoisotopic (exact) mass is 668 g/mol. The molecule has 1 atom stereocenters. The lowest BCUT2D eigenvalue weighted by molar-refractivity contribution is -0.129. The summed E-state index contributed by atoms with van der Waals surface area (Å²) in [5.41, 5.74) is 3.48. The Morgan fingerprint density at radius 3 is 2.71 bits per heavy atom. The van der Waals surface area contributed by atoms with Crippen LogP contribution < -0.4 is 10.3 Å². The minimum atomic E-state index is -0.826. The highest BCUT2D eigenvalue weighted by molar-refractivity contribution is 7.18. The van der Waals surface area contributed by atoms with Crippen molar-refractivity contribution in [3.8, 4) is 39.5 Å². The summed E-state index contributed by atoms with van der Waals surface area (Å²) in [6.07, 6.45) is 2.76. The van der Waals surface area contributed by atoms with E-state index in [-0.39, 0.29) is 42.0 Å². The van der Waals surface area contributed by atoms with E-state index in [1.54, 1.807) is 24.1 Å². The summed E-state index contributed by atoms with van der Waals surface area (Å²) in [5, 5.41) is 7.90. The zero-order chi connectivity index (χ0) is 33.7. The quantitative estimate of drug-likeness (QED) is 0.142. The Morgan fingerprint density at radius 2 is 1.92 bits per heavy atom. The number of aromatic nitrogens is 5. The smallest absolute Gasteiger partial charge is 0.260 e. The van der Waals surface area contributed by atoms with Crippen LogP contribution in [0.25, 0.3) is 54.8 Å². The normalized spacial score (nSPS) is 14.4. The fourth-order valence-electron chi connectivity index (χ4n) is 6.20. The number of carbonyl (C=O) groups excluding carboxylic acids is 1. The molecule has 6 aromatic rings. The number of nitrogens with zero attached hydrogens (tertiary/aromatic N) is 6. The molecular formula is C35H30F2N6O4S. The lowest BCUT2D eigenvalue weighted by atomic mass is 9.96. The van der Waals surface area contributed by atoms with Gasteiger partial charge in [-0.15, -0.1) is 11.3 Å². The Morgan fingerprint density at radius 1 is 1.08 bits per heavy atom. The summed E-state index contributed by atoms with van der Waals surface area (Å²) in [5.74, 6) is -1.81. The molecule has 0 saturated heterocycles. The Bertz CT molecular complexity index is 2310. The standard InChI is InChI=1S/C35H30F2N6O4S/c1-5-29(44)42-9-10-43-27(19(42)2)17-26(40-43)33-31(30-24(37)15-21(36)16-28(30)47-12-11-46-4)34-22(8-13-48-34)32(39-33)20-6-7-25-23(14-20)35(45)41(3)18-38-25/h5-8,13-19H,1,9-12H2,2-4H3. The molecule has 1 aliphatic heterocycles. The van der Waals surface area contributed by atoms with Gasteiger partial charge in [-0.1, -0.05) is 12.6 Å². The van der Waals surface area contributed by atoms with Gasteiger partial charge in [-0.2, -0.15) is 5.10 Å². The highest BCUT2D eigenvalue weighted by Crippen LogP contribution is 2.47. The van der Waals surface area contributed by atoms with Crippen LogP contribution in [-0.2, 0) is 23.1 Å². The number of ether oxygens (including phenoxy) is 2. The summed E-state index contributed by atoms with van der Waals surface area (Å²) in [4.78, 5) is 36.9.